The molecule has 2 unspecified atom stereocenters. The molecule has 17 heavy (non-hydrogen) atoms. The van der Waals surface area contributed by atoms with Gasteiger partial charge in [0, 0.05) is 44.0 Å². The van der Waals surface area contributed by atoms with E-state index in [9.17, 15) is 0 Å². The normalized spacial score (nSPS) is 29.6. The second kappa shape index (κ2) is 6.41. The number of fused-ring (bicyclic) bond motifs is 2. The van der Waals surface area contributed by atoms with Crippen LogP contribution in [0.1, 0.15) is 20.3 Å². The first kappa shape index (κ1) is 13.7. The first-order valence-corrected chi connectivity index (χ1v) is 8.18. The van der Waals surface area contributed by atoms with Gasteiger partial charge in [-0.15, -0.1) is 0 Å². The smallest absolute Gasteiger partial charge is 0.0597 e. The molecule has 3 saturated heterocycles. The van der Waals surface area contributed by atoms with Crippen LogP contribution in [-0.4, -0.2) is 72.8 Å². The summed E-state index contributed by atoms with van der Waals surface area (Å²) in [5, 5.41) is 0. The highest BCUT2D eigenvalue weighted by atomic mass is 32.2. The fourth-order valence-corrected chi connectivity index (χ4v) is 3.38. The maximum atomic E-state index is 5.65. The SMILES string of the molecule is CSCCN1CC2CC(C1)N2CCOC(C)C. The molecule has 3 aliphatic rings. The van der Waals surface area contributed by atoms with Crippen molar-refractivity contribution in [2.24, 2.45) is 0 Å². The van der Waals surface area contributed by atoms with E-state index in [0.29, 0.717) is 6.10 Å². The molecule has 0 spiro atoms. The lowest BCUT2D eigenvalue weighted by Crippen LogP contribution is -2.69. The molecule has 4 heteroatoms. The lowest BCUT2D eigenvalue weighted by Gasteiger charge is -2.56. The second-order valence-electron chi connectivity index (χ2n) is 5.45. The molecule has 3 nitrogen and oxygen atoms in total. The largest absolute Gasteiger partial charge is 0.377 e. The van der Waals surface area contributed by atoms with E-state index < -0.39 is 0 Å². The van der Waals surface area contributed by atoms with E-state index in [-0.39, 0.29) is 0 Å². The van der Waals surface area contributed by atoms with Crippen LogP contribution in [-0.2, 0) is 4.74 Å². The summed E-state index contributed by atoms with van der Waals surface area (Å²) in [6.07, 6.45) is 3.98. The van der Waals surface area contributed by atoms with Crippen LogP contribution in [0.3, 0.4) is 0 Å². The molecule has 0 aromatic carbocycles. The van der Waals surface area contributed by atoms with Gasteiger partial charge in [-0.05, 0) is 26.5 Å². The standard InChI is InChI=1S/C13H26N2OS/c1-11(2)16-6-4-15-12-8-13(15)10-14(9-12)5-7-17-3/h11-13H,4-10H2,1-3H3. The molecule has 0 aromatic heterocycles. The molecule has 0 amide bonds. The van der Waals surface area contributed by atoms with Crippen LogP contribution in [0.4, 0.5) is 0 Å². The first-order valence-electron chi connectivity index (χ1n) is 6.79. The van der Waals surface area contributed by atoms with Crippen LogP contribution < -0.4 is 0 Å². The van der Waals surface area contributed by atoms with Crippen LogP contribution in [0.5, 0.6) is 0 Å². The fraction of sp³-hybridized carbons (Fsp3) is 1.00. The van der Waals surface area contributed by atoms with Gasteiger partial charge < -0.3 is 4.74 Å². The molecule has 100 valence electrons. The zero-order chi connectivity index (χ0) is 12.3. The molecule has 3 heterocycles. The minimum absolute atomic E-state index is 0.370. The molecule has 0 saturated carbocycles. The van der Waals surface area contributed by atoms with Crippen LogP contribution in [0.15, 0.2) is 0 Å². The van der Waals surface area contributed by atoms with Crippen LogP contribution >= 0.6 is 11.8 Å². The number of ether oxygens (including phenoxy) is 1. The molecule has 3 fully saturated rings. The van der Waals surface area contributed by atoms with E-state index in [2.05, 4.69) is 29.9 Å². The average Bonchev–Trinajstić information content (AvgIpc) is 2.32. The number of hydrogen-bond donors (Lipinski definition) is 0. The average molecular weight is 258 g/mol. The van der Waals surface area contributed by atoms with Crippen molar-refractivity contribution in [1.82, 2.24) is 9.80 Å². The molecule has 0 N–H and O–H groups in total. The molecular weight excluding hydrogens is 232 g/mol. The van der Waals surface area contributed by atoms with Crippen molar-refractivity contribution in [3.8, 4) is 0 Å². The van der Waals surface area contributed by atoms with E-state index in [0.717, 1.165) is 25.2 Å². The Morgan fingerprint density at radius 3 is 2.53 bits per heavy atom. The van der Waals surface area contributed by atoms with Crippen molar-refractivity contribution < 1.29 is 4.74 Å². The highest BCUT2D eigenvalue weighted by molar-refractivity contribution is 7.98. The van der Waals surface area contributed by atoms with Crippen molar-refractivity contribution in [2.75, 3.05) is 44.8 Å². The van der Waals surface area contributed by atoms with Gasteiger partial charge in [-0.2, -0.15) is 11.8 Å². The van der Waals surface area contributed by atoms with Crippen LogP contribution in [0.2, 0.25) is 0 Å². The molecule has 0 radical (unpaired) electrons. The minimum atomic E-state index is 0.370. The van der Waals surface area contributed by atoms with Gasteiger partial charge in [0.2, 0.25) is 0 Å². The van der Waals surface area contributed by atoms with Gasteiger partial charge in [0.15, 0.2) is 0 Å². The summed E-state index contributed by atoms with van der Waals surface area (Å²) in [5.74, 6) is 1.27. The highest BCUT2D eigenvalue weighted by Gasteiger charge is 2.43. The van der Waals surface area contributed by atoms with Gasteiger partial charge in [0.25, 0.3) is 0 Å². The minimum Gasteiger partial charge on any atom is -0.377 e. The van der Waals surface area contributed by atoms with E-state index in [1.54, 1.807) is 0 Å². The molecule has 3 aliphatic heterocycles. The summed E-state index contributed by atoms with van der Waals surface area (Å²) < 4.78 is 5.65. The summed E-state index contributed by atoms with van der Waals surface area (Å²) in [4.78, 5) is 5.28. The zero-order valence-electron chi connectivity index (χ0n) is 11.4. The Morgan fingerprint density at radius 2 is 1.94 bits per heavy atom. The van der Waals surface area contributed by atoms with E-state index in [1.807, 2.05) is 11.8 Å². The van der Waals surface area contributed by atoms with Crippen molar-refractivity contribution >= 4 is 11.8 Å². The number of thioether (sulfide) groups is 1. The third-order valence-electron chi connectivity index (χ3n) is 3.83. The van der Waals surface area contributed by atoms with Gasteiger partial charge in [-0.3, -0.25) is 9.80 Å². The Balaban J connectivity index is 1.65. The Bertz CT molecular complexity index is 225. The Hall–Kier alpha value is 0.230. The van der Waals surface area contributed by atoms with Gasteiger partial charge in [0.1, 0.15) is 0 Å². The lowest BCUT2D eigenvalue weighted by molar-refractivity contribution is -0.0820. The van der Waals surface area contributed by atoms with Crippen molar-refractivity contribution in [2.45, 2.75) is 38.5 Å². The van der Waals surface area contributed by atoms with Crippen LogP contribution in [0.25, 0.3) is 0 Å². The Labute approximate surface area is 110 Å². The van der Waals surface area contributed by atoms with Gasteiger partial charge >= 0.3 is 0 Å². The summed E-state index contributed by atoms with van der Waals surface area (Å²) >= 11 is 1.95. The van der Waals surface area contributed by atoms with Gasteiger partial charge in [0.05, 0.1) is 12.7 Å². The van der Waals surface area contributed by atoms with Crippen molar-refractivity contribution in [3.05, 3.63) is 0 Å². The number of piperazine rings is 1. The maximum Gasteiger partial charge on any atom is 0.0597 e. The number of piperidine rings is 1. The molecule has 0 aliphatic carbocycles. The number of rotatable bonds is 7. The van der Waals surface area contributed by atoms with Gasteiger partial charge in [-0.25, -0.2) is 0 Å². The third kappa shape index (κ3) is 3.60. The molecule has 0 aromatic rings. The number of hydrogen-bond acceptors (Lipinski definition) is 4. The topological polar surface area (TPSA) is 15.7 Å². The summed E-state index contributed by atoms with van der Waals surface area (Å²) in [6, 6.07) is 1.62. The summed E-state index contributed by atoms with van der Waals surface area (Å²) in [6.45, 7) is 10.1. The molecule has 3 rings (SSSR count). The quantitative estimate of drug-likeness (QED) is 0.688. The van der Waals surface area contributed by atoms with E-state index in [1.165, 1.54) is 31.8 Å². The zero-order valence-corrected chi connectivity index (χ0v) is 12.2. The fourth-order valence-electron chi connectivity index (χ4n) is 2.94. The van der Waals surface area contributed by atoms with Crippen LogP contribution in [0, 0.1) is 0 Å². The predicted octanol–water partition coefficient (Wildman–Crippen LogP) is 1.53. The summed E-state index contributed by atoms with van der Waals surface area (Å²) in [5.41, 5.74) is 0. The molecule has 2 bridgehead atoms. The number of nitrogens with zero attached hydrogens (tertiary/aromatic N) is 2. The molecule has 2 atom stereocenters. The van der Waals surface area contributed by atoms with E-state index in [4.69, 9.17) is 4.74 Å². The van der Waals surface area contributed by atoms with Crippen molar-refractivity contribution in [3.63, 3.8) is 0 Å². The predicted molar refractivity (Wildman–Crippen MR) is 74.8 cm³/mol. The monoisotopic (exact) mass is 258 g/mol. The first-order chi connectivity index (χ1) is 8.20. The Kier molecular flexibility index (Phi) is 5.15. The van der Waals surface area contributed by atoms with Gasteiger partial charge in [-0.1, -0.05) is 0 Å². The second-order valence-corrected chi connectivity index (χ2v) is 6.44. The maximum absolute atomic E-state index is 5.65. The summed E-state index contributed by atoms with van der Waals surface area (Å²) in [7, 11) is 0. The van der Waals surface area contributed by atoms with E-state index >= 15 is 0 Å². The van der Waals surface area contributed by atoms with Crippen molar-refractivity contribution in [1.29, 1.82) is 0 Å². The third-order valence-corrected chi connectivity index (χ3v) is 4.42. The molecular formula is C13H26N2OS. The lowest BCUT2D eigenvalue weighted by atomic mass is 9.87. The Morgan fingerprint density at radius 1 is 1.24 bits per heavy atom. The highest BCUT2D eigenvalue weighted by Crippen LogP contribution is 2.31.